The van der Waals surface area contributed by atoms with Gasteiger partial charge in [-0.25, -0.2) is 0 Å². The fraction of sp³-hybridized carbons (Fsp3) is 0.500. The lowest BCUT2D eigenvalue weighted by Gasteiger charge is -2.23. The summed E-state index contributed by atoms with van der Waals surface area (Å²) in [4.78, 5) is 10.2. The zero-order valence-corrected chi connectivity index (χ0v) is 11.5. The molecule has 2 rings (SSSR count). The van der Waals surface area contributed by atoms with E-state index in [-0.39, 0.29) is 10.6 Å². The summed E-state index contributed by atoms with van der Waals surface area (Å²) in [5.41, 5.74) is 1.14. The van der Waals surface area contributed by atoms with E-state index in [1.807, 2.05) is 0 Å². The first-order valence-electron chi connectivity index (χ1n) is 5.91. The highest BCUT2D eigenvalue weighted by atomic mass is 79.9. The van der Waals surface area contributed by atoms with Gasteiger partial charge in [0, 0.05) is 42.4 Å². The minimum Gasteiger partial charge on any atom is -0.381 e. The molecule has 0 radical (unpaired) electrons. The van der Waals surface area contributed by atoms with Crippen molar-refractivity contribution in [2.45, 2.75) is 25.4 Å². The molecule has 1 saturated heterocycles. The summed E-state index contributed by atoms with van der Waals surface area (Å²) >= 11 is 3.37. The van der Waals surface area contributed by atoms with Gasteiger partial charge in [-0.15, -0.1) is 0 Å². The van der Waals surface area contributed by atoms with Gasteiger partial charge in [-0.2, -0.15) is 0 Å². The minimum atomic E-state index is -0.388. The first-order chi connectivity index (χ1) is 8.66. The van der Waals surface area contributed by atoms with Gasteiger partial charge in [-0.05, 0) is 24.5 Å². The van der Waals surface area contributed by atoms with E-state index >= 15 is 0 Å². The van der Waals surface area contributed by atoms with Crippen molar-refractivity contribution in [3.05, 3.63) is 38.3 Å². The first kappa shape index (κ1) is 13.5. The standard InChI is InChI=1S/C12H15BrN2O3/c13-12-7-11(15(16)17)2-1-9(12)8-14-10-3-5-18-6-4-10/h1-2,7,10,14H,3-6,8H2. The van der Waals surface area contributed by atoms with Crippen LogP contribution in [0.2, 0.25) is 0 Å². The quantitative estimate of drug-likeness (QED) is 0.685. The Kier molecular flexibility index (Phi) is 4.68. The third kappa shape index (κ3) is 3.51. The number of nitro groups is 1. The summed E-state index contributed by atoms with van der Waals surface area (Å²) in [6.45, 7) is 2.32. The molecule has 0 amide bonds. The number of nitro benzene ring substituents is 1. The number of hydrogen-bond acceptors (Lipinski definition) is 4. The second-order valence-corrected chi connectivity index (χ2v) is 5.15. The molecule has 1 heterocycles. The van der Waals surface area contributed by atoms with Gasteiger partial charge in [0.15, 0.2) is 0 Å². The van der Waals surface area contributed by atoms with Gasteiger partial charge < -0.3 is 10.1 Å². The predicted molar refractivity (Wildman–Crippen MR) is 71.5 cm³/mol. The molecule has 98 valence electrons. The molecule has 1 aromatic rings. The highest BCUT2D eigenvalue weighted by Crippen LogP contribution is 2.23. The molecule has 1 aliphatic rings. The van der Waals surface area contributed by atoms with E-state index in [1.54, 1.807) is 12.1 Å². The summed E-state index contributed by atoms with van der Waals surface area (Å²) in [5.74, 6) is 0. The van der Waals surface area contributed by atoms with Gasteiger partial charge in [-0.3, -0.25) is 10.1 Å². The Morgan fingerprint density at radius 2 is 2.17 bits per heavy atom. The maximum absolute atomic E-state index is 10.6. The van der Waals surface area contributed by atoms with E-state index in [2.05, 4.69) is 21.2 Å². The molecule has 0 aliphatic carbocycles. The van der Waals surface area contributed by atoms with Crippen LogP contribution in [0.1, 0.15) is 18.4 Å². The van der Waals surface area contributed by atoms with Gasteiger partial charge in [-0.1, -0.05) is 15.9 Å². The van der Waals surface area contributed by atoms with E-state index in [0.29, 0.717) is 12.6 Å². The van der Waals surface area contributed by atoms with E-state index in [9.17, 15) is 10.1 Å². The average molecular weight is 315 g/mol. The zero-order valence-electron chi connectivity index (χ0n) is 9.89. The van der Waals surface area contributed by atoms with Gasteiger partial charge >= 0.3 is 0 Å². The number of rotatable bonds is 4. The molecule has 18 heavy (non-hydrogen) atoms. The van der Waals surface area contributed by atoms with Crippen LogP contribution in [-0.4, -0.2) is 24.2 Å². The molecule has 0 atom stereocenters. The molecule has 0 bridgehead atoms. The van der Waals surface area contributed by atoms with E-state index in [4.69, 9.17) is 4.74 Å². The molecule has 0 spiro atoms. The van der Waals surface area contributed by atoms with Gasteiger partial charge in [0.05, 0.1) is 4.92 Å². The Bertz CT molecular complexity index is 433. The smallest absolute Gasteiger partial charge is 0.270 e. The van der Waals surface area contributed by atoms with Crippen molar-refractivity contribution in [1.29, 1.82) is 0 Å². The molecule has 1 aliphatic heterocycles. The number of non-ortho nitro benzene ring substituents is 1. The summed E-state index contributed by atoms with van der Waals surface area (Å²) < 4.78 is 6.07. The Hall–Kier alpha value is -0.980. The second kappa shape index (κ2) is 6.26. The highest BCUT2D eigenvalue weighted by Gasteiger charge is 2.14. The number of nitrogens with zero attached hydrogens (tertiary/aromatic N) is 1. The number of halogens is 1. The topological polar surface area (TPSA) is 64.4 Å². The molecular formula is C12H15BrN2O3. The number of benzene rings is 1. The summed E-state index contributed by atoms with van der Waals surface area (Å²) in [6.07, 6.45) is 2.04. The second-order valence-electron chi connectivity index (χ2n) is 4.30. The predicted octanol–water partition coefficient (Wildman–Crippen LogP) is 2.63. The van der Waals surface area contributed by atoms with Crippen molar-refractivity contribution >= 4 is 21.6 Å². The van der Waals surface area contributed by atoms with E-state index in [1.165, 1.54) is 6.07 Å². The van der Waals surface area contributed by atoms with Gasteiger partial charge in [0.1, 0.15) is 0 Å². The molecule has 6 heteroatoms. The molecular weight excluding hydrogens is 300 g/mol. The lowest BCUT2D eigenvalue weighted by atomic mass is 10.1. The van der Waals surface area contributed by atoms with Crippen molar-refractivity contribution in [3.8, 4) is 0 Å². The van der Waals surface area contributed by atoms with Crippen molar-refractivity contribution < 1.29 is 9.66 Å². The Balaban J connectivity index is 1.94. The van der Waals surface area contributed by atoms with Crippen LogP contribution in [-0.2, 0) is 11.3 Å². The maximum Gasteiger partial charge on any atom is 0.270 e. The van der Waals surface area contributed by atoms with Crippen LogP contribution < -0.4 is 5.32 Å². The summed E-state index contributed by atoms with van der Waals surface area (Å²) in [7, 11) is 0. The molecule has 5 nitrogen and oxygen atoms in total. The van der Waals surface area contributed by atoms with E-state index < -0.39 is 0 Å². The molecule has 1 fully saturated rings. The van der Waals surface area contributed by atoms with Crippen LogP contribution in [0.4, 0.5) is 5.69 Å². The summed E-state index contributed by atoms with van der Waals surface area (Å²) in [5, 5.41) is 14.1. The van der Waals surface area contributed by atoms with Crippen LogP contribution in [0.3, 0.4) is 0 Å². The third-order valence-electron chi connectivity index (χ3n) is 3.05. The molecule has 0 unspecified atom stereocenters. The average Bonchev–Trinajstić information content (AvgIpc) is 2.38. The summed E-state index contributed by atoms with van der Waals surface area (Å²) in [6, 6.07) is 5.34. The van der Waals surface area contributed by atoms with Crippen LogP contribution >= 0.6 is 15.9 Å². The largest absolute Gasteiger partial charge is 0.381 e. The van der Waals surface area contributed by atoms with E-state index in [0.717, 1.165) is 36.1 Å². The monoisotopic (exact) mass is 314 g/mol. The van der Waals surface area contributed by atoms with Crippen molar-refractivity contribution in [1.82, 2.24) is 5.32 Å². The molecule has 1 N–H and O–H groups in total. The molecule has 0 aromatic heterocycles. The number of ether oxygens (including phenoxy) is 1. The van der Waals surface area contributed by atoms with Gasteiger partial charge in [0.2, 0.25) is 0 Å². The lowest BCUT2D eigenvalue weighted by Crippen LogP contribution is -2.34. The van der Waals surface area contributed by atoms with Crippen LogP contribution in [0.5, 0.6) is 0 Å². The van der Waals surface area contributed by atoms with Crippen LogP contribution in [0.15, 0.2) is 22.7 Å². The maximum atomic E-state index is 10.6. The van der Waals surface area contributed by atoms with Crippen molar-refractivity contribution in [2.75, 3.05) is 13.2 Å². The minimum absolute atomic E-state index is 0.108. The third-order valence-corrected chi connectivity index (χ3v) is 3.79. The normalized spacial score (nSPS) is 16.7. The van der Waals surface area contributed by atoms with Crippen molar-refractivity contribution in [2.24, 2.45) is 0 Å². The Morgan fingerprint density at radius 3 is 2.78 bits per heavy atom. The first-order valence-corrected chi connectivity index (χ1v) is 6.70. The number of hydrogen-bond donors (Lipinski definition) is 1. The fourth-order valence-electron chi connectivity index (χ4n) is 1.95. The fourth-order valence-corrected chi connectivity index (χ4v) is 2.46. The lowest BCUT2D eigenvalue weighted by molar-refractivity contribution is -0.384. The highest BCUT2D eigenvalue weighted by molar-refractivity contribution is 9.10. The van der Waals surface area contributed by atoms with Crippen molar-refractivity contribution in [3.63, 3.8) is 0 Å². The number of nitrogens with one attached hydrogen (secondary N) is 1. The Morgan fingerprint density at radius 1 is 1.44 bits per heavy atom. The van der Waals surface area contributed by atoms with Gasteiger partial charge in [0.25, 0.3) is 5.69 Å². The molecule has 0 saturated carbocycles. The van der Waals surface area contributed by atoms with Crippen LogP contribution in [0.25, 0.3) is 0 Å². The molecule has 1 aromatic carbocycles. The Labute approximate surface area is 114 Å². The zero-order chi connectivity index (χ0) is 13.0. The van der Waals surface area contributed by atoms with Crippen LogP contribution in [0, 0.1) is 10.1 Å². The SMILES string of the molecule is O=[N+]([O-])c1ccc(CNC2CCOCC2)c(Br)c1.